The maximum absolute atomic E-state index is 11.9. The lowest BCUT2D eigenvalue weighted by Crippen LogP contribution is -2.18. The predicted octanol–water partition coefficient (Wildman–Crippen LogP) is 10.4. The average Bonchev–Trinajstić information content (AvgIpc) is 3.17. The molecule has 6 rings (SSSR count). The Morgan fingerprint density at radius 1 is 0.482 bits per heavy atom. The normalized spacial score (nSPS) is 11.1. The van der Waals surface area contributed by atoms with Crippen LogP contribution in [-0.2, 0) is 6.54 Å². The Bertz CT molecular complexity index is 2030. The molecule has 56 heavy (non-hydrogen) atoms. The third-order valence-corrected chi connectivity index (χ3v) is 10.0. The van der Waals surface area contributed by atoms with Crippen molar-refractivity contribution >= 4 is 67.0 Å². The van der Waals surface area contributed by atoms with Gasteiger partial charge in [-0.2, -0.15) is 0 Å². The molecule has 0 radical (unpaired) electrons. The Morgan fingerprint density at radius 3 is 1.12 bits per heavy atom. The van der Waals surface area contributed by atoms with Crippen LogP contribution in [0.2, 0.25) is 0 Å². The highest BCUT2D eigenvalue weighted by Crippen LogP contribution is 2.44. The zero-order valence-corrected chi connectivity index (χ0v) is 32.9. The molecule has 296 valence electrons. The Labute approximate surface area is 328 Å². The molecule has 0 atom stereocenters. The van der Waals surface area contributed by atoms with Gasteiger partial charge in [0.15, 0.2) is 0 Å². The number of hydrogen-bond acceptors (Lipinski definition) is 6. The van der Waals surface area contributed by atoms with Crippen LogP contribution in [0.1, 0.15) is 118 Å². The SMILES string of the molecule is CCCCCCCCCCCCN(C)Cc1ccccc1.CNC.O=C(O)c1ccc2c3ccc(C(=O)O)c4c(C(=O)O)ccc(c5ccc(C(=O)O)c1c25)c43. The minimum atomic E-state index is -1.28. The van der Waals surface area contributed by atoms with E-state index in [0.717, 1.165) is 6.54 Å². The van der Waals surface area contributed by atoms with Crippen LogP contribution in [0.15, 0.2) is 78.9 Å². The lowest BCUT2D eigenvalue weighted by molar-refractivity contribution is 0.0681. The Morgan fingerprint density at radius 2 is 0.804 bits per heavy atom. The third-order valence-electron chi connectivity index (χ3n) is 10.0. The molecule has 0 aliphatic rings. The molecular formula is C46H54N2O8. The van der Waals surface area contributed by atoms with Crippen molar-refractivity contribution < 1.29 is 39.6 Å². The molecule has 0 saturated heterocycles. The van der Waals surface area contributed by atoms with Crippen LogP contribution in [0.3, 0.4) is 0 Å². The number of carboxylic acids is 4. The fourth-order valence-electron chi connectivity index (χ4n) is 7.45. The molecule has 0 unspecified atom stereocenters. The largest absolute Gasteiger partial charge is 0.478 e. The van der Waals surface area contributed by atoms with E-state index in [9.17, 15) is 39.6 Å². The molecule has 0 spiro atoms. The number of carboxylic acid groups (broad SMARTS) is 4. The van der Waals surface area contributed by atoms with Gasteiger partial charge in [-0.25, -0.2) is 19.2 Å². The predicted molar refractivity (Wildman–Crippen MR) is 225 cm³/mol. The van der Waals surface area contributed by atoms with Gasteiger partial charge in [-0.1, -0.05) is 119 Å². The van der Waals surface area contributed by atoms with Gasteiger partial charge < -0.3 is 30.6 Å². The second-order valence-electron chi connectivity index (χ2n) is 14.3. The number of unbranched alkanes of at least 4 members (excludes halogenated alkanes) is 9. The van der Waals surface area contributed by atoms with E-state index in [1.165, 1.54) is 125 Å². The second kappa shape index (κ2) is 20.9. The van der Waals surface area contributed by atoms with E-state index in [1.807, 2.05) is 14.1 Å². The summed E-state index contributed by atoms with van der Waals surface area (Å²) in [6.45, 7) is 4.60. The van der Waals surface area contributed by atoms with Crippen LogP contribution in [0.5, 0.6) is 0 Å². The summed E-state index contributed by atoms with van der Waals surface area (Å²) in [4.78, 5) is 49.9. The first-order valence-electron chi connectivity index (χ1n) is 19.4. The summed E-state index contributed by atoms with van der Waals surface area (Å²) in [7, 11) is 5.99. The monoisotopic (exact) mass is 762 g/mol. The summed E-state index contributed by atoms with van der Waals surface area (Å²) >= 11 is 0. The Kier molecular flexibility index (Phi) is 16.1. The first-order chi connectivity index (χ1) is 27.0. The van der Waals surface area contributed by atoms with Gasteiger partial charge in [0.25, 0.3) is 0 Å². The van der Waals surface area contributed by atoms with E-state index in [-0.39, 0.29) is 33.0 Å². The van der Waals surface area contributed by atoms with E-state index < -0.39 is 23.9 Å². The van der Waals surface area contributed by atoms with Crippen molar-refractivity contribution in [1.29, 1.82) is 0 Å². The third kappa shape index (κ3) is 10.4. The zero-order chi connectivity index (χ0) is 40.8. The molecule has 0 aliphatic heterocycles. The standard InChI is InChI=1S/C24H12O8.C20H35N.C2H7N/c25-21(26)13-5-1-9-10-2-6-15(23(29)30)20-16(24(31)32)8-4-12(18(10)20)11-3-7-14(22(27)28)19(13)17(9)11;1-3-4-5-6-7-8-9-10-11-15-18-21(2)19-20-16-13-12-14-17-20;1-3-2/h1-8H,(H,25,26)(H,27,28)(H,29,30)(H,31,32);12-14,16-17H,3-11,15,18-19H2,1-2H3;3H,1-2H3. The van der Waals surface area contributed by atoms with E-state index in [1.54, 1.807) is 0 Å². The highest BCUT2D eigenvalue weighted by atomic mass is 16.4. The first-order valence-corrected chi connectivity index (χ1v) is 19.4. The summed E-state index contributed by atoms with van der Waals surface area (Å²) in [5, 5.41) is 44.4. The van der Waals surface area contributed by atoms with Crippen LogP contribution >= 0.6 is 0 Å². The number of nitrogens with one attached hydrogen (secondary N) is 1. The van der Waals surface area contributed by atoms with Gasteiger partial charge in [-0.3, -0.25) is 0 Å². The van der Waals surface area contributed by atoms with Crippen molar-refractivity contribution in [2.75, 3.05) is 27.7 Å². The van der Waals surface area contributed by atoms with Crippen LogP contribution in [0, 0.1) is 0 Å². The van der Waals surface area contributed by atoms with Crippen LogP contribution in [-0.4, -0.2) is 76.9 Å². The van der Waals surface area contributed by atoms with Crippen molar-refractivity contribution in [3.8, 4) is 0 Å². The molecule has 0 saturated carbocycles. The number of aromatic carboxylic acids is 4. The quantitative estimate of drug-likeness (QED) is 0.0343. The molecule has 0 heterocycles. The topological polar surface area (TPSA) is 164 Å². The first kappa shape index (κ1) is 43.2. The van der Waals surface area contributed by atoms with E-state index in [2.05, 4.69) is 54.5 Å². The van der Waals surface area contributed by atoms with Crippen molar-refractivity contribution in [2.24, 2.45) is 0 Å². The molecule has 5 N–H and O–H groups in total. The Hall–Kier alpha value is -5.58. The Balaban J connectivity index is 0.000000252. The lowest BCUT2D eigenvalue weighted by atomic mass is 9.84. The maximum Gasteiger partial charge on any atom is 0.336 e. The summed E-state index contributed by atoms with van der Waals surface area (Å²) in [5.41, 5.74) is 0.727. The highest BCUT2D eigenvalue weighted by molar-refractivity contribution is 6.38. The van der Waals surface area contributed by atoms with Crippen molar-refractivity contribution in [2.45, 2.75) is 77.7 Å². The highest BCUT2D eigenvalue weighted by Gasteiger charge is 2.25. The second-order valence-corrected chi connectivity index (χ2v) is 14.3. The van der Waals surface area contributed by atoms with Gasteiger partial charge >= 0.3 is 23.9 Å². The summed E-state index contributed by atoms with van der Waals surface area (Å²) in [5.74, 6) is -5.13. The fourth-order valence-corrected chi connectivity index (χ4v) is 7.45. The molecule has 6 aromatic rings. The molecule has 0 amide bonds. The lowest BCUT2D eigenvalue weighted by Gasteiger charge is -2.18. The summed E-state index contributed by atoms with van der Waals surface area (Å²) < 4.78 is 0. The van der Waals surface area contributed by atoms with Gasteiger partial charge in [0.2, 0.25) is 0 Å². The van der Waals surface area contributed by atoms with Gasteiger partial charge in [0, 0.05) is 17.3 Å². The van der Waals surface area contributed by atoms with Gasteiger partial charge in [-0.15, -0.1) is 0 Å². The van der Waals surface area contributed by atoms with Crippen molar-refractivity contribution in [3.63, 3.8) is 0 Å². The fraction of sp³-hybridized carbons (Fsp3) is 0.348. The number of carbonyl (C=O) groups is 4. The van der Waals surface area contributed by atoms with Crippen LogP contribution in [0.4, 0.5) is 0 Å². The molecular weight excluding hydrogens is 709 g/mol. The minimum Gasteiger partial charge on any atom is -0.478 e. The molecule has 10 heteroatoms. The van der Waals surface area contributed by atoms with Gasteiger partial charge in [-0.05, 0) is 96.3 Å². The summed E-state index contributed by atoms with van der Waals surface area (Å²) in [6.07, 6.45) is 14.2. The number of hydrogen-bond donors (Lipinski definition) is 5. The average molecular weight is 763 g/mol. The number of rotatable bonds is 17. The van der Waals surface area contributed by atoms with E-state index in [4.69, 9.17) is 0 Å². The van der Waals surface area contributed by atoms with E-state index in [0.29, 0.717) is 32.3 Å². The van der Waals surface area contributed by atoms with E-state index >= 15 is 0 Å². The molecule has 0 aliphatic carbocycles. The molecule has 6 aromatic carbocycles. The summed E-state index contributed by atoms with van der Waals surface area (Å²) in [6, 6.07) is 22.1. The van der Waals surface area contributed by atoms with Crippen LogP contribution < -0.4 is 5.32 Å². The van der Waals surface area contributed by atoms with Crippen molar-refractivity contribution in [1.82, 2.24) is 10.2 Å². The number of benzene rings is 6. The smallest absolute Gasteiger partial charge is 0.336 e. The molecule has 10 nitrogen and oxygen atoms in total. The number of fused-ring (bicyclic) bond motifs is 2. The zero-order valence-electron chi connectivity index (χ0n) is 32.9. The maximum atomic E-state index is 11.9. The molecule has 0 aromatic heterocycles. The number of nitrogens with zero attached hydrogens (tertiary/aromatic N) is 1. The van der Waals surface area contributed by atoms with Gasteiger partial charge in [0.1, 0.15) is 0 Å². The van der Waals surface area contributed by atoms with Crippen LogP contribution in [0.25, 0.3) is 43.1 Å². The molecule has 0 bridgehead atoms. The van der Waals surface area contributed by atoms with Crippen molar-refractivity contribution in [3.05, 3.63) is 107 Å². The molecule has 0 fully saturated rings. The van der Waals surface area contributed by atoms with Gasteiger partial charge in [0.05, 0.1) is 22.3 Å². The minimum absolute atomic E-state index is 0.0587.